The smallest absolute Gasteiger partial charge is 0.237 e. The number of aromatic nitrogens is 1. The fourth-order valence-electron chi connectivity index (χ4n) is 1.20. The topological polar surface area (TPSA) is 25.4 Å². The lowest BCUT2D eigenvalue weighted by atomic mass is 10.3. The third-order valence-electron chi connectivity index (χ3n) is 1.88. The average molecular weight is 276 g/mol. The first-order chi connectivity index (χ1) is 5.77. The highest BCUT2D eigenvalue weighted by Crippen LogP contribution is 2.28. The van der Waals surface area contributed by atoms with E-state index in [0.717, 1.165) is 28.3 Å². The Labute approximate surface area is 84.9 Å². The fourth-order valence-corrected chi connectivity index (χ4v) is 1.63. The van der Waals surface area contributed by atoms with Crippen molar-refractivity contribution in [2.45, 2.75) is 0 Å². The predicted octanol–water partition coefficient (Wildman–Crippen LogP) is 1.51. The number of ether oxygens (including phenoxy) is 1. The van der Waals surface area contributed by atoms with Crippen LogP contribution in [0, 0.1) is 3.57 Å². The molecule has 0 bridgehead atoms. The van der Waals surface area contributed by atoms with Crippen molar-refractivity contribution >= 4 is 28.3 Å². The van der Waals surface area contributed by atoms with Crippen LogP contribution in [0.5, 0.6) is 5.88 Å². The summed E-state index contributed by atoms with van der Waals surface area (Å²) in [6.45, 7) is 1.67. The Balaban J connectivity index is 2.47. The quantitative estimate of drug-likeness (QED) is 0.672. The van der Waals surface area contributed by atoms with Crippen LogP contribution in [0.15, 0.2) is 12.3 Å². The molecule has 64 valence electrons. The summed E-state index contributed by atoms with van der Waals surface area (Å²) < 4.78 is 6.54. The number of anilines is 1. The van der Waals surface area contributed by atoms with Crippen molar-refractivity contribution in [3.63, 3.8) is 0 Å². The minimum atomic E-state index is 0.733. The number of fused-ring (bicyclic) bond motifs is 1. The summed E-state index contributed by atoms with van der Waals surface area (Å²) in [7, 11) is 2.05. The van der Waals surface area contributed by atoms with Crippen LogP contribution in [0.4, 0.5) is 5.69 Å². The van der Waals surface area contributed by atoms with Gasteiger partial charge in [-0.15, -0.1) is 0 Å². The number of halogens is 1. The SMILES string of the molecule is CN1CCOc2ncc(I)cc21. The van der Waals surface area contributed by atoms with E-state index in [1.807, 2.05) is 6.20 Å². The number of hydrogen-bond donors (Lipinski definition) is 0. The molecule has 0 radical (unpaired) electrons. The highest BCUT2D eigenvalue weighted by Gasteiger charge is 2.15. The maximum atomic E-state index is 5.39. The van der Waals surface area contributed by atoms with E-state index in [2.05, 4.69) is 45.6 Å². The lowest BCUT2D eigenvalue weighted by Crippen LogP contribution is -2.29. The highest BCUT2D eigenvalue weighted by molar-refractivity contribution is 14.1. The van der Waals surface area contributed by atoms with E-state index in [1.54, 1.807) is 0 Å². The van der Waals surface area contributed by atoms with Gasteiger partial charge in [0.05, 0.1) is 6.54 Å². The summed E-state index contributed by atoms with van der Waals surface area (Å²) in [6.07, 6.45) is 1.82. The Morgan fingerprint density at radius 1 is 1.67 bits per heavy atom. The van der Waals surface area contributed by atoms with Gasteiger partial charge in [-0.25, -0.2) is 4.98 Å². The number of pyridine rings is 1. The first kappa shape index (κ1) is 8.10. The van der Waals surface area contributed by atoms with E-state index in [9.17, 15) is 0 Å². The molecule has 2 rings (SSSR count). The van der Waals surface area contributed by atoms with E-state index in [-0.39, 0.29) is 0 Å². The number of likely N-dealkylation sites (N-methyl/N-ethyl adjacent to an activating group) is 1. The van der Waals surface area contributed by atoms with Crippen LogP contribution in [-0.2, 0) is 0 Å². The molecule has 0 saturated carbocycles. The van der Waals surface area contributed by atoms with Crippen LogP contribution in [0.25, 0.3) is 0 Å². The summed E-state index contributed by atoms with van der Waals surface area (Å²) in [5.41, 5.74) is 1.09. The third kappa shape index (κ3) is 1.35. The van der Waals surface area contributed by atoms with Crippen molar-refractivity contribution in [3.05, 3.63) is 15.8 Å². The van der Waals surface area contributed by atoms with Crippen molar-refractivity contribution in [1.82, 2.24) is 4.98 Å². The molecule has 0 fully saturated rings. The zero-order valence-corrected chi connectivity index (χ0v) is 8.91. The van der Waals surface area contributed by atoms with Gasteiger partial charge in [-0.2, -0.15) is 0 Å². The third-order valence-corrected chi connectivity index (χ3v) is 2.47. The van der Waals surface area contributed by atoms with Gasteiger partial charge >= 0.3 is 0 Å². The summed E-state index contributed by atoms with van der Waals surface area (Å²) in [6, 6.07) is 2.09. The maximum Gasteiger partial charge on any atom is 0.237 e. The summed E-state index contributed by atoms with van der Waals surface area (Å²) >= 11 is 2.25. The van der Waals surface area contributed by atoms with Gasteiger partial charge in [-0.1, -0.05) is 0 Å². The standard InChI is InChI=1S/C8H9IN2O/c1-11-2-3-12-8-7(11)4-6(9)5-10-8/h4-5H,2-3H2,1H3. The minimum absolute atomic E-state index is 0.733. The molecule has 0 spiro atoms. The molecule has 12 heavy (non-hydrogen) atoms. The van der Waals surface area contributed by atoms with Gasteiger partial charge in [-0.05, 0) is 28.7 Å². The highest BCUT2D eigenvalue weighted by atomic mass is 127. The largest absolute Gasteiger partial charge is 0.474 e. The number of rotatable bonds is 0. The van der Waals surface area contributed by atoms with Gasteiger partial charge in [0.15, 0.2) is 0 Å². The molecule has 0 aromatic carbocycles. The first-order valence-electron chi connectivity index (χ1n) is 3.77. The lowest BCUT2D eigenvalue weighted by molar-refractivity contribution is 0.298. The molecule has 0 atom stereocenters. The van der Waals surface area contributed by atoms with Crippen molar-refractivity contribution in [2.24, 2.45) is 0 Å². The van der Waals surface area contributed by atoms with Gasteiger partial charge in [-0.3, -0.25) is 0 Å². The van der Waals surface area contributed by atoms with Crippen LogP contribution in [0.2, 0.25) is 0 Å². The van der Waals surface area contributed by atoms with Crippen molar-refractivity contribution in [3.8, 4) is 5.88 Å². The molecule has 0 N–H and O–H groups in total. The molecule has 1 aliphatic heterocycles. The second-order valence-corrected chi connectivity index (χ2v) is 3.99. The summed E-state index contributed by atoms with van der Waals surface area (Å²) in [4.78, 5) is 6.36. The van der Waals surface area contributed by atoms with Gasteiger partial charge in [0, 0.05) is 16.8 Å². The normalized spacial score (nSPS) is 15.3. The van der Waals surface area contributed by atoms with Gasteiger partial charge in [0.2, 0.25) is 5.88 Å². The zero-order chi connectivity index (χ0) is 8.55. The molecule has 0 aliphatic carbocycles. The molecular weight excluding hydrogens is 267 g/mol. The van der Waals surface area contributed by atoms with Crippen LogP contribution in [0.1, 0.15) is 0 Å². The van der Waals surface area contributed by atoms with Crippen molar-refractivity contribution in [1.29, 1.82) is 0 Å². The van der Waals surface area contributed by atoms with Crippen molar-refractivity contribution < 1.29 is 4.74 Å². The molecule has 1 aliphatic rings. The van der Waals surface area contributed by atoms with Gasteiger partial charge < -0.3 is 9.64 Å². The molecule has 1 aromatic heterocycles. The predicted molar refractivity (Wildman–Crippen MR) is 55.7 cm³/mol. The molecule has 0 unspecified atom stereocenters. The van der Waals surface area contributed by atoms with Gasteiger partial charge in [0.1, 0.15) is 12.3 Å². The molecule has 3 nitrogen and oxygen atoms in total. The second-order valence-electron chi connectivity index (χ2n) is 2.75. The monoisotopic (exact) mass is 276 g/mol. The van der Waals surface area contributed by atoms with E-state index >= 15 is 0 Å². The van der Waals surface area contributed by atoms with E-state index in [1.165, 1.54) is 0 Å². The Hall–Kier alpha value is -0.520. The average Bonchev–Trinajstić information content (AvgIpc) is 2.07. The summed E-state index contributed by atoms with van der Waals surface area (Å²) in [5, 5.41) is 0. The molecule has 4 heteroatoms. The maximum absolute atomic E-state index is 5.39. The molecular formula is C8H9IN2O. The molecule has 2 heterocycles. The Bertz CT molecular complexity index is 303. The lowest BCUT2D eigenvalue weighted by Gasteiger charge is -2.26. The van der Waals surface area contributed by atoms with E-state index in [0.29, 0.717) is 0 Å². The van der Waals surface area contributed by atoms with Crippen molar-refractivity contribution in [2.75, 3.05) is 25.1 Å². The molecule has 1 aromatic rings. The van der Waals surface area contributed by atoms with Crippen LogP contribution < -0.4 is 9.64 Å². The zero-order valence-electron chi connectivity index (χ0n) is 6.75. The van der Waals surface area contributed by atoms with E-state index in [4.69, 9.17) is 4.74 Å². The first-order valence-corrected chi connectivity index (χ1v) is 4.85. The minimum Gasteiger partial charge on any atom is -0.474 e. The fraction of sp³-hybridized carbons (Fsp3) is 0.375. The van der Waals surface area contributed by atoms with Gasteiger partial charge in [0.25, 0.3) is 0 Å². The number of hydrogen-bond acceptors (Lipinski definition) is 3. The van der Waals surface area contributed by atoms with E-state index < -0.39 is 0 Å². The Morgan fingerprint density at radius 3 is 3.33 bits per heavy atom. The molecule has 0 saturated heterocycles. The Kier molecular flexibility index (Phi) is 2.08. The molecule has 0 amide bonds. The van der Waals surface area contributed by atoms with Crippen LogP contribution >= 0.6 is 22.6 Å². The van der Waals surface area contributed by atoms with Crippen LogP contribution in [-0.4, -0.2) is 25.2 Å². The Morgan fingerprint density at radius 2 is 2.50 bits per heavy atom. The second kappa shape index (κ2) is 3.08. The van der Waals surface area contributed by atoms with Crippen LogP contribution in [0.3, 0.4) is 0 Å². The summed E-state index contributed by atoms with van der Waals surface area (Å²) in [5.74, 6) is 0.754. The number of nitrogens with zero attached hydrogens (tertiary/aromatic N) is 2.